The van der Waals surface area contributed by atoms with Crippen LogP contribution in [0, 0.1) is 0 Å². The summed E-state index contributed by atoms with van der Waals surface area (Å²) in [7, 11) is 0. The molecule has 0 unspecified atom stereocenters. The van der Waals surface area contributed by atoms with Gasteiger partial charge in [-0.25, -0.2) is 9.97 Å². The summed E-state index contributed by atoms with van der Waals surface area (Å²) in [6.45, 7) is 0. The highest BCUT2D eigenvalue weighted by Gasteiger charge is 2.59. The smallest absolute Gasteiger partial charge is 0.156 e. The Bertz CT molecular complexity index is 3940. The molecule has 2 aromatic heterocycles. The van der Waals surface area contributed by atoms with Crippen molar-refractivity contribution in [2.75, 3.05) is 0 Å². The highest BCUT2D eigenvalue weighted by Crippen LogP contribution is 2.68. The van der Waals surface area contributed by atoms with Crippen LogP contribution in [-0.4, -0.2) is 9.97 Å². The second-order valence-electron chi connectivity index (χ2n) is 19.0. The molecule has 4 aliphatic carbocycles. The first-order valence-electron chi connectivity index (χ1n) is 24.1. The van der Waals surface area contributed by atoms with Crippen molar-refractivity contribution in [1.82, 2.24) is 9.97 Å². The molecule has 0 aliphatic heterocycles. The highest BCUT2D eigenvalue weighted by atomic mass is 16.3. The summed E-state index contributed by atoms with van der Waals surface area (Å²) in [5.74, 6) is 0.775. The van der Waals surface area contributed by atoms with Gasteiger partial charge in [0.1, 0.15) is 11.2 Å². The molecule has 0 saturated carbocycles. The van der Waals surface area contributed by atoms with E-state index in [9.17, 15) is 0 Å². The van der Waals surface area contributed by atoms with Crippen LogP contribution in [0.2, 0.25) is 0 Å². The van der Waals surface area contributed by atoms with E-state index in [4.69, 9.17) is 14.4 Å². The van der Waals surface area contributed by atoms with E-state index in [0.717, 1.165) is 74.3 Å². The summed E-state index contributed by atoms with van der Waals surface area (Å²) in [6, 6.07) is 78.7. The number of hydrogen-bond acceptors (Lipinski definition) is 3. The maximum absolute atomic E-state index is 6.80. The monoisotopic (exact) mass is 878 g/mol. The standard InChI is InChI=1S/C66H42N2O/c1-3-18-41(19-4-1)43-22-17-23-44(36-43)60-40-61(68-64(67-60)42-20-5-2-6-21-42)45-34-35-48-50-38-51-49-26-9-16-33-62(49)69-63(51)39-59(50)66(58(48)37-45)56-31-14-12-29-54(56)65(55-30-13-15-32-57(55)66)52-27-10-7-24-46(52)47-25-8-11-28-53(47)65/h1-5,7-20,22-40H,6,21H2. The molecular formula is C66H42N2O. The number of para-hydroxylation sites is 1. The quantitative estimate of drug-likeness (QED) is 0.177. The van der Waals surface area contributed by atoms with Crippen molar-refractivity contribution in [2.24, 2.45) is 0 Å². The molecule has 15 rings (SSSR count). The van der Waals surface area contributed by atoms with Crippen molar-refractivity contribution in [1.29, 1.82) is 0 Å². The zero-order chi connectivity index (χ0) is 45.3. The molecule has 0 saturated heterocycles. The topological polar surface area (TPSA) is 38.9 Å². The Morgan fingerprint density at radius 1 is 0.362 bits per heavy atom. The third-order valence-corrected chi connectivity index (χ3v) is 15.6. The van der Waals surface area contributed by atoms with E-state index in [1.165, 1.54) is 72.3 Å². The van der Waals surface area contributed by atoms with Crippen LogP contribution in [0.25, 0.3) is 83.4 Å². The maximum Gasteiger partial charge on any atom is 0.156 e. The Morgan fingerprint density at radius 3 is 1.59 bits per heavy atom. The number of allylic oxidation sites excluding steroid dienone is 4. The summed E-state index contributed by atoms with van der Waals surface area (Å²) in [5, 5.41) is 2.25. The van der Waals surface area contributed by atoms with E-state index in [1.54, 1.807) is 0 Å². The fourth-order valence-electron chi connectivity index (χ4n) is 12.8. The van der Waals surface area contributed by atoms with Gasteiger partial charge >= 0.3 is 0 Å². The summed E-state index contributed by atoms with van der Waals surface area (Å²) >= 11 is 0. The van der Waals surface area contributed by atoms with Gasteiger partial charge in [-0.2, -0.15) is 0 Å². The van der Waals surface area contributed by atoms with Gasteiger partial charge in [0, 0.05) is 21.9 Å². The summed E-state index contributed by atoms with van der Waals surface area (Å²) in [6.07, 6.45) is 8.41. The number of aromatic nitrogens is 2. The Hall–Kier alpha value is -8.66. The van der Waals surface area contributed by atoms with Gasteiger partial charge < -0.3 is 4.42 Å². The molecule has 0 N–H and O–H groups in total. The third-order valence-electron chi connectivity index (χ3n) is 15.6. The molecular weight excluding hydrogens is 837 g/mol. The molecule has 3 nitrogen and oxygen atoms in total. The minimum absolute atomic E-state index is 0.539. The van der Waals surface area contributed by atoms with Crippen molar-refractivity contribution in [2.45, 2.75) is 23.7 Å². The lowest BCUT2D eigenvalue weighted by atomic mass is 9.52. The van der Waals surface area contributed by atoms with Crippen LogP contribution in [0.4, 0.5) is 0 Å². The van der Waals surface area contributed by atoms with Crippen molar-refractivity contribution < 1.29 is 4.42 Å². The van der Waals surface area contributed by atoms with E-state index < -0.39 is 10.8 Å². The third kappa shape index (κ3) is 5.22. The van der Waals surface area contributed by atoms with Gasteiger partial charge in [-0.3, -0.25) is 0 Å². The maximum atomic E-state index is 6.80. The van der Waals surface area contributed by atoms with Crippen molar-refractivity contribution in [3.05, 3.63) is 281 Å². The molecule has 3 heteroatoms. The molecule has 4 aliphatic rings. The summed E-state index contributed by atoms with van der Waals surface area (Å²) < 4.78 is 6.80. The predicted octanol–water partition coefficient (Wildman–Crippen LogP) is 16.1. The Morgan fingerprint density at radius 2 is 0.913 bits per heavy atom. The Kier molecular flexibility index (Phi) is 8.04. The Labute approximate surface area is 400 Å². The van der Waals surface area contributed by atoms with Crippen LogP contribution in [0.5, 0.6) is 0 Å². The van der Waals surface area contributed by atoms with Gasteiger partial charge in [0.15, 0.2) is 5.82 Å². The summed E-state index contributed by atoms with van der Waals surface area (Å²) in [4.78, 5) is 10.8. The fourth-order valence-corrected chi connectivity index (χ4v) is 12.8. The predicted molar refractivity (Wildman–Crippen MR) is 280 cm³/mol. The Balaban J connectivity index is 1.03. The molecule has 0 bridgehead atoms. The first-order valence-corrected chi connectivity index (χ1v) is 24.1. The lowest BCUT2D eigenvalue weighted by Crippen LogP contribution is -2.43. The van der Waals surface area contributed by atoms with Gasteiger partial charge in [0.05, 0.1) is 22.2 Å². The minimum Gasteiger partial charge on any atom is -0.456 e. The number of hydrogen-bond donors (Lipinski definition) is 0. The molecule has 0 atom stereocenters. The molecule has 69 heavy (non-hydrogen) atoms. The molecule has 11 aromatic rings. The summed E-state index contributed by atoms with van der Waals surface area (Å²) in [5.41, 5.74) is 23.3. The number of nitrogens with zero attached hydrogens (tertiary/aromatic N) is 2. The van der Waals surface area contributed by atoms with Gasteiger partial charge in [-0.05, 0) is 133 Å². The molecule has 0 amide bonds. The first kappa shape index (κ1) is 38.4. The average Bonchev–Trinajstić information content (AvgIpc) is 4.04. The van der Waals surface area contributed by atoms with E-state index in [0.29, 0.717) is 0 Å². The average molecular weight is 879 g/mol. The molecule has 9 aromatic carbocycles. The van der Waals surface area contributed by atoms with Gasteiger partial charge in [-0.1, -0.05) is 194 Å². The molecule has 2 heterocycles. The van der Waals surface area contributed by atoms with Crippen LogP contribution >= 0.6 is 0 Å². The van der Waals surface area contributed by atoms with Gasteiger partial charge in [-0.15, -0.1) is 0 Å². The van der Waals surface area contributed by atoms with E-state index >= 15 is 0 Å². The number of rotatable bonds is 4. The van der Waals surface area contributed by atoms with Crippen LogP contribution in [0.1, 0.15) is 63.2 Å². The van der Waals surface area contributed by atoms with Crippen molar-refractivity contribution >= 4 is 27.5 Å². The van der Waals surface area contributed by atoms with Gasteiger partial charge in [0.25, 0.3) is 0 Å². The van der Waals surface area contributed by atoms with E-state index in [1.807, 2.05) is 0 Å². The van der Waals surface area contributed by atoms with E-state index in [2.05, 4.69) is 231 Å². The molecule has 0 radical (unpaired) electrons. The zero-order valence-electron chi connectivity index (χ0n) is 37.7. The van der Waals surface area contributed by atoms with Crippen molar-refractivity contribution in [3.8, 4) is 55.9 Å². The largest absolute Gasteiger partial charge is 0.456 e. The zero-order valence-corrected chi connectivity index (χ0v) is 37.7. The van der Waals surface area contributed by atoms with Crippen molar-refractivity contribution in [3.63, 3.8) is 0 Å². The second kappa shape index (κ2) is 14.4. The van der Waals surface area contributed by atoms with Crippen LogP contribution in [-0.2, 0) is 10.8 Å². The van der Waals surface area contributed by atoms with Gasteiger partial charge in [0.2, 0.25) is 0 Å². The number of furan rings is 1. The minimum atomic E-state index is -0.710. The number of benzene rings is 9. The lowest BCUT2D eigenvalue weighted by molar-refractivity contribution is 0.630. The number of fused-ring (bicyclic) bond motifs is 19. The first-order chi connectivity index (χ1) is 34.2. The fraction of sp³-hybridized carbons (Fsp3) is 0.0606. The van der Waals surface area contributed by atoms with E-state index in [-0.39, 0.29) is 0 Å². The SMILES string of the molecule is C1=CCCC(c2nc(-c3cccc(-c4ccccc4)c3)cc(-c3ccc4c(c3)C3(c5cc6oc7ccccc7c6cc5-4)c4ccccc4C4(c5ccccc5-c5ccccc54)c4ccccc43)n2)=C1. The van der Waals surface area contributed by atoms with Crippen LogP contribution in [0.3, 0.4) is 0 Å². The molecule has 2 spiro atoms. The normalized spacial score (nSPS) is 15.1. The van der Waals surface area contributed by atoms with Crippen LogP contribution < -0.4 is 0 Å². The highest BCUT2D eigenvalue weighted by molar-refractivity contribution is 6.09. The molecule has 322 valence electrons. The second-order valence-corrected chi connectivity index (χ2v) is 19.0. The molecule has 0 fully saturated rings. The van der Waals surface area contributed by atoms with Crippen LogP contribution in [0.15, 0.2) is 235 Å². The lowest BCUT2D eigenvalue weighted by Gasteiger charge is -2.48.